The number of hydrogen-bond acceptors (Lipinski definition) is 1. The lowest BCUT2D eigenvalue weighted by molar-refractivity contribution is 0.660. The van der Waals surface area contributed by atoms with Crippen LogP contribution in [0.5, 0.6) is 0 Å². The number of nitrogens with one attached hydrogen (secondary N) is 1. The minimum Gasteiger partial charge on any atom is -0.355 e. The lowest BCUT2D eigenvalue weighted by atomic mass is 9.70. The van der Waals surface area contributed by atoms with Crippen LogP contribution in [0.25, 0.3) is 44.5 Å². The molecule has 0 heterocycles. The molecule has 1 spiro atoms. The van der Waals surface area contributed by atoms with Crippen molar-refractivity contribution in [3.05, 3.63) is 191 Å². The molecule has 1 N–H and O–H groups in total. The van der Waals surface area contributed by atoms with Gasteiger partial charge in [-0.05, 0) is 96.6 Å². The van der Waals surface area contributed by atoms with E-state index in [9.17, 15) is 0 Å². The molecule has 7 aromatic carbocycles. The number of hydrogen-bond donors (Lipinski definition) is 1. The van der Waals surface area contributed by atoms with Crippen molar-refractivity contribution in [2.45, 2.75) is 24.7 Å². The van der Waals surface area contributed by atoms with Gasteiger partial charge in [0.2, 0.25) is 0 Å². The van der Waals surface area contributed by atoms with Gasteiger partial charge in [0, 0.05) is 22.4 Å². The molecule has 1 nitrogen and oxygen atoms in total. The van der Waals surface area contributed by atoms with Gasteiger partial charge in [-0.2, -0.15) is 0 Å². The summed E-state index contributed by atoms with van der Waals surface area (Å²) in [6, 6.07) is 58.6. The maximum Gasteiger partial charge on any atom is 0.0725 e. The third-order valence-corrected chi connectivity index (χ3v) is 11.1. The predicted octanol–water partition coefficient (Wildman–Crippen LogP) is 11.7. The van der Waals surface area contributed by atoms with Crippen LogP contribution in [0.15, 0.2) is 158 Å². The Labute approximate surface area is 276 Å². The Morgan fingerprint density at radius 3 is 1.47 bits per heavy atom. The van der Waals surface area contributed by atoms with Gasteiger partial charge in [0.25, 0.3) is 0 Å². The van der Waals surface area contributed by atoms with E-state index in [-0.39, 0.29) is 10.8 Å². The van der Waals surface area contributed by atoms with Crippen LogP contribution in [0.3, 0.4) is 0 Å². The molecule has 0 atom stereocenters. The van der Waals surface area contributed by atoms with E-state index < -0.39 is 0 Å². The van der Waals surface area contributed by atoms with Crippen molar-refractivity contribution in [2.24, 2.45) is 0 Å². The first-order chi connectivity index (χ1) is 23.1. The summed E-state index contributed by atoms with van der Waals surface area (Å²) in [5.41, 5.74) is 20.6. The number of fused-ring (bicyclic) bond motifs is 13. The molecule has 47 heavy (non-hydrogen) atoms. The summed E-state index contributed by atoms with van der Waals surface area (Å²) < 4.78 is 0. The number of rotatable bonds is 3. The molecule has 0 fully saturated rings. The van der Waals surface area contributed by atoms with Crippen LogP contribution in [-0.2, 0) is 10.8 Å². The summed E-state index contributed by atoms with van der Waals surface area (Å²) in [7, 11) is 0. The standard InChI is InChI=1S/C46H33N/c1-45(2)38-18-8-3-14-32(38)36-25-24-30(28-43(36)45)47-44-22-12-7-13-31(44)29-23-26-42-37(27-29)35-17-6-11-21-41(35)46(42)39-19-9-4-15-33(39)34-16-5-10-20-40(34)46/h3-28,47H,1-2H3. The molecule has 0 radical (unpaired) electrons. The fourth-order valence-electron chi connectivity index (χ4n) is 9.05. The molecule has 10 rings (SSSR count). The highest BCUT2D eigenvalue weighted by atomic mass is 14.9. The fraction of sp³-hybridized carbons (Fsp3) is 0.0870. The molecular weight excluding hydrogens is 567 g/mol. The minimum atomic E-state index is -0.315. The first-order valence-electron chi connectivity index (χ1n) is 16.6. The van der Waals surface area contributed by atoms with E-state index in [1.807, 2.05) is 0 Å². The van der Waals surface area contributed by atoms with Gasteiger partial charge in [0.05, 0.1) is 5.41 Å². The van der Waals surface area contributed by atoms with Crippen LogP contribution in [-0.4, -0.2) is 0 Å². The molecule has 3 aliphatic carbocycles. The molecule has 0 unspecified atom stereocenters. The maximum atomic E-state index is 3.83. The van der Waals surface area contributed by atoms with Crippen molar-refractivity contribution in [1.82, 2.24) is 0 Å². The van der Waals surface area contributed by atoms with E-state index in [1.165, 1.54) is 77.9 Å². The molecule has 0 saturated carbocycles. The zero-order chi connectivity index (χ0) is 31.3. The van der Waals surface area contributed by atoms with Crippen LogP contribution < -0.4 is 5.32 Å². The zero-order valence-electron chi connectivity index (χ0n) is 26.5. The number of para-hydroxylation sites is 1. The zero-order valence-corrected chi connectivity index (χ0v) is 26.5. The van der Waals surface area contributed by atoms with E-state index in [1.54, 1.807) is 0 Å². The molecule has 0 aromatic heterocycles. The van der Waals surface area contributed by atoms with Gasteiger partial charge in [-0.3, -0.25) is 0 Å². The minimum absolute atomic E-state index is 0.0378. The van der Waals surface area contributed by atoms with Gasteiger partial charge in [-0.1, -0.05) is 147 Å². The SMILES string of the molecule is CC1(C)c2ccccc2-c2ccc(Nc3ccccc3-c3ccc4c(c3)-c3ccccc3C43c4ccccc4-c4ccccc43)cc21. The van der Waals surface area contributed by atoms with Crippen LogP contribution >= 0.6 is 0 Å². The van der Waals surface area contributed by atoms with Crippen molar-refractivity contribution in [2.75, 3.05) is 5.32 Å². The normalized spacial score (nSPS) is 14.9. The number of anilines is 2. The molecule has 1 heteroatoms. The Morgan fingerprint density at radius 2 is 0.830 bits per heavy atom. The molecule has 0 aliphatic heterocycles. The summed E-state index contributed by atoms with van der Waals surface area (Å²) in [4.78, 5) is 0. The van der Waals surface area contributed by atoms with Crippen molar-refractivity contribution in [1.29, 1.82) is 0 Å². The molecule has 0 saturated heterocycles. The Hall–Kier alpha value is -5.66. The molecule has 222 valence electrons. The topological polar surface area (TPSA) is 12.0 Å². The van der Waals surface area contributed by atoms with Crippen molar-refractivity contribution >= 4 is 11.4 Å². The second kappa shape index (κ2) is 9.44. The molecular formula is C46H33N. The Morgan fingerprint density at radius 1 is 0.362 bits per heavy atom. The average Bonchev–Trinajstić information content (AvgIpc) is 3.67. The van der Waals surface area contributed by atoms with E-state index >= 15 is 0 Å². The molecule has 7 aromatic rings. The monoisotopic (exact) mass is 599 g/mol. The first-order valence-corrected chi connectivity index (χ1v) is 16.6. The second-order valence-corrected chi connectivity index (χ2v) is 13.7. The Balaban J connectivity index is 1.11. The van der Waals surface area contributed by atoms with Gasteiger partial charge in [-0.25, -0.2) is 0 Å². The Bertz CT molecular complexity index is 2380. The molecule has 0 bridgehead atoms. The first kappa shape index (κ1) is 26.5. The van der Waals surface area contributed by atoms with Crippen LogP contribution in [0.1, 0.15) is 47.2 Å². The third kappa shape index (κ3) is 3.44. The van der Waals surface area contributed by atoms with E-state index in [0.717, 1.165) is 11.4 Å². The van der Waals surface area contributed by atoms with Crippen LogP contribution in [0.4, 0.5) is 11.4 Å². The predicted molar refractivity (Wildman–Crippen MR) is 195 cm³/mol. The Kier molecular flexibility index (Phi) is 5.33. The highest BCUT2D eigenvalue weighted by molar-refractivity contribution is 5.97. The summed E-state index contributed by atoms with van der Waals surface area (Å²) in [5.74, 6) is 0. The fourth-order valence-corrected chi connectivity index (χ4v) is 9.05. The summed E-state index contributed by atoms with van der Waals surface area (Å²) >= 11 is 0. The lowest BCUT2D eigenvalue weighted by Gasteiger charge is -2.30. The van der Waals surface area contributed by atoms with E-state index in [0.29, 0.717) is 0 Å². The highest BCUT2D eigenvalue weighted by Crippen LogP contribution is 2.63. The smallest absolute Gasteiger partial charge is 0.0725 e. The largest absolute Gasteiger partial charge is 0.355 e. The van der Waals surface area contributed by atoms with Gasteiger partial charge >= 0.3 is 0 Å². The lowest BCUT2D eigenvalue weighted by Crippen LogP contribution is -2.25. The maximum absolute atomic E-state index is 3.83. The summed E-state index contributed by atoms with van der Waals surface area (Å²) in [6.45, 7) is 4.68. The average molecular weight is 600 g/mol. The van der Waals surface area contributed by atoms with Gasteiger partial charge in [0.1, 0.15) is 0 Å². The van der Waals surface area contributed by atoms with Gasteiger partial charge in [-0.15, -0.1) is 0 Å². The summed E-state index contributed by atoms with van der Waals surface area (Å²) in [6.07, 6.45) is 0. The highest BCUT2D eigenvalue weighted by Gasteiger charge is 2.51. The van der Waals surface area contributed by atoms with Gasteiger partial charge in [0.15, 0.2) is 0 Å². The third-order valence-electron chi connectivity index (χ3n) is 11.1. The van der Waals surface area contributed by atoms with Crippen molar-refractivity contribution in [3.63, 3.8) is 0 Å². The quantitative estimate of drug-likeness (QED) is 0.213. The van der Waals surface area contributed by atoms with Crippen LogP contribution in [0, 0.1) is 0 Å². The van der Waals surface area contributed by atoms with E-state index in [4.69, 9.17) is 0 Å². The summed E-state index contributed by atoms with van der Waals surface area (Å²) in [5, 5.41) is 3.83. The molecule has 0 amide bonds. The number of benzene rings is 7. The van der Waals surface area contributed by atoms with Crippen molar-refractivity contribution < 1.29 is 0 Å². The van der Waals surface area contributed by atoms with Crippen molar-refractivity contribution in [3.8, 4) is 44.5 Å². The van der Waals surface area contributed by atoms with Gasteiger partial charge < -0.3 is 5.32 Å². The molecule has 3 aliphatic rings. The van der Waals surface area contributed by atoms with Crippen LogP contribution in [0.2, 0.25) is 0 Å². The van der Waals surface area contributed by atoms with E-state index in [2.05, 4.69) is 177 Å². The second-order valence-electron chi connectivity index (χ2n) is 13.7.